The number of aryl methyl sites for hydroxylation is 2. The topological polar surface area (TPSA) is 137 Å². The summed E-state index contributed by atoms with van der Waals surface area (Å²) in [4.78, 5) is 51.0. The van der Waals surface area contributed by atoms with Gasteiger partial charge in [0.2, 0.25) is 0 Å². The Bertz CT molecular complexity index is 1300. The number of hydrogen-bond acceptors (Lipinski definition) is 8. The molecular formula is C25H26N2O8. The quantitative estimate of drug-likeness (QED) is 0.484. The number of methoxy groups -OCH3 is 2. The number of esters is 2. The Hall–Kier alpha value is -4.34. The summed E-state index contributed by atoms with van der Waals surface area (Å²) >= 11 is 0. The van der Waals surface area contributed by atoms with E-state index in [2.05, 4.69) is 9.47 Å². The first-order chi connectivity index (χ1) is 16.6. The highest BCUT2D eigenvalue weighted by Gasteiger charge is 2.31. The molecule has 184 valence electrons. The highest BCUT2D eigenvalue weighted by Crippen LogP contribution is 2.37. The van der Waals surface area contributed by atoms with E-state index in [-0.39, 0.29) is 11.1 Å². The van der Waals surface area contributed by atoms with Crippen molar-refractivity contribution in [1.29, 1.82) is 0 Å². The maximum atomic E-state index is 13.6. The smallest absolute Gasteiger partial charge is 0.325 e. The lowest BCUT2D eigenvalue weighted by atomic mass is 9.85. The summed E-state index contributed by atoms with van der Waals surface area (Å²) in [7, 11) is 2.37. The first-order valence-electron chi connectivity index (χ1n) is 10.7. The van der Waals surface area contributed by atoms with Crippen molar-refractivity contribution in [1.82, 2.24) is 9.13 Å². The number of hydrogen-bond donors (Lipinski definition) is 2. The van der Waals surface area contributed by atoms with Gasteiger partial charge in [0, 0.05) is 11.4 Å². The summed E-state index contributed by atoms with van der Waals surface area (Å²) in [6.07, 6.45) is 0. The van der Waals surface area contributed by atoms with Crippen molar-refractivity contribution in [2.45, 2.75) is 32.9 Å². The van der Waals surface area contributed by atoms with Crippen molar-refractivity contribution in [2.75, 3.05) is 14.2 Å². The molecule has 35 heavy (non-hydrogen) atoms. The van der Waals surface area contributed by atoms with Crippen molar-refractivity contribution in [3.05, 3.63) is 91.3 Å². The van der Waals surface area contributed by atoms with Crippen LogP contribution in [0.3, 0.4) is 0 Å². The molecule has 2 aromatic heterocycles. The zero-order chi connectivity index (χ0) is 25.9. The van der Waals surface area contributed by atoms with Crippen LogP contribution in [0.4, 0.5) is 0 Å². The summed E-state index contributed by atoms with van der Waals surface area (Å²) in [5.74, 6) is -3.41. The molecule has 0 saturated carbocycles. The molecule has 0 radical (unpaired) electrons. The van der Waals surface area contributed by atoms with Crippen molar-refractivity contribution < 1.29 is 29.3 Å². The van der Waals surface area contributed by atoms with E-state index in [9.17, 15) is 29.4 Å². The van der Waals surface area contributed by atoms with Crippen LogP contribution in [0.15, 0.2) is 52.1 Å². The van der Waals surface area contributed by atoms with Gasteiger partial charge in [-0.05, 0) is 31.5 Å². The fraction of sp³-hybridized carbons (Fsp3) is 0.280. The first kappa shape index (κ1) is 25.3. The van der Waals surface area contributed by atoms with Crippen LogP contribution in [0.25, 0.3) is 0 Å². The fourth-order valence-corrected chi connectivity index (χ4v) is 3.98. The Morgan fingerprint density at radius 2 is 1.20 bits per heavy atom. The van der Waals surface area contributed by atoms with E-state index in [1.165, 1.54) is 40.2 Å². The number of aromatic nitrogens is 2. The molecule has 0 saturated heterocycles. The Labute approximate surface area is 200 Å². The van der Waals surface area contributed by atoms with Crippen molar-refractivity contribution >= 4 is 11.9 Å². The van der Waals surface area contributed by atoms with Gasteiger partial charge in [-0.25, -0.2) is 0 Å². The van der Waals surface area contributed by atoms with Crippen LogP contribution in [0.5, 0.6) is 11.5 Å². The zero-order valence-electron chi connectivity index (χ0n) is 19.8. The van der Waals surface area contributed by atoms with Crippen LogP contribution in [0.2, 0.25) is 0 Å². The Balaban J connectivity index is 2.40. The standard InChI is InChI=1S/C25H26N2O8/c1-14-10-17(28)22(24(32)26(14)12-19(30)34-3)21(16-8-6-5-7-9-16)23-18(29)11-15(2)27(25(23)33)13-20(31)35-4/h5-11,21,28-29H,12-13H2,1-4H3. The van der Waals surface area contributed by atoms with Gasteiger partial charge >= 0.3 is 11.9 Å². The minimum absolute atomic E-state index is 0.216. The molecule has 10 heteroatoms. The van der Waals surface area contributed by atoms with Gasteiger partial charge in [0.15, 0.2) is 0 Å². The number of carbonyl (C=O) groups excluding carboxylic acids is 2. The van der Waals surface area contributed by atoms with Crippen LogP contribution in [-0.4, -0.2) is 45.5 Å². The predicted molar refractivity (Wildman–Crippen MR) is 126 cm³/mol. The number of ether oxygens (including phenoxy) is 2. The average Bonchev–Trinajstić information content (AvgIpc) is 2.83. The van der Waals surface area contributed by atoms with E-state index in [0.29, 0.717) is 17.0 Å². The number of rotatable bonds is 7. The van der Waals surface area contributed by atoms with Gasteiger partial charge in [-0.3, -0.25) is 19.2 Å². The third-order valence-electron chi connectivity index (χ3n) is 5.79. The molecule has 0 aliphatic carbocycles. The molecule has 0 spiro atoms. The second-order valence-corrected chi connectivity index (χ2v) is 7.95. The summed E-state index contributed by atoms with van der Waals surface area (Å²) in [5.41, 5.74) is -0.886. The molecule has 2 N–H and O–H groups in total. The van der Waals surface area contributed by atoms with Gasteiger partial charge in [0.25, 0.3) is 11.1 Å². The largest absolute Gasteiger partial charge is 0.507 e. The molecule has 0 atom stereocenters. The number of pyridine rings is 2. The van der Waals surface area contributed by atoms with E-state index in [1.807, 2.05) is 0 Å². The monoisotopic (exact) mass is 482 g/mol. The Morgan fingerprint density at radius 1 is 0.800 bits per heavy atom. The summed E-state index contributed by atoms with van der Waals surface area (Å²) in [6.45, 7) is 2.25. The van der Waals surface area contributed by atoms with Gasteiger partial charge in [-0.15, -0.1) is 0 Å². The van der Waals surface area contributed by atoms with Crippen LogP contribution >= 0.6 is 0 Å². The molecule has 3 aromatic rings. The van der Waals surface area contributed by atoms with Gasteiger partial charge in [0.05, 0.1) is 31.3 Å². The number of aromatic hydroxyl groups is 2. The van der Waals surface area contributed by atoms with Crippen LogP contribution in [-0.2, 0) is 32.2 Å². The Kier molecular flexibility index (Phi) is 7.43. The van der Waals surface area contributed by atoms with Gasteiger partial charge in [0.1, 0.15) is 24.6 Å². The van der Waals surface area contributed by atoms with Crippen molar-refractivity contribution in [3.63, 3.8) is 0 Å². The number of nitrogens with zero attached hydrogens (tertiary/aromatic N) is 2. The third-order valence-corrected chi connectivity index (χ3v) is 5.79. The van der Waals surface area contributed by atoms with E-state index >= 15 is 0 Å². The molecule has 0 aliphatic heterocycles. The normalized spacial score (nSPS) is 10.9. The highest BCUT2D eigenvalue weighted by atomic mass is 16.5. The SMILES string of the molecule is COC(=O)Cn1c(C)cc(O)c(C(c2ccccc2)c2c(O)cc(C)n(CC(=O)OC)c2=O)c1=O. The summed E-state index contributed by atoms with van der Waals surface area (Å²) in [5, 5.41) is 21.8. The molecule has 10 nitrogen and oxygen atoms in total. The minimum atomic E-state index is -1.22. The average molecular weight is 482 g/mol. The summed E-state index contributed by atoms with van der Waals surface area (Å²) in [6, 6.07) is 11.0. The second-order valence-electron chi connectivity index (χ2n) is 7.95. The summed E-state index contributed by atoms with van der Waals surface area (Å²) < 4.78 is 11.6. The number of benzene rings is 1. The van der Waals surface area contributed by atoms with E-state index < -0.39 is 53.6 Å². The maximum Gasteiger partial charge on any atom is 0.325 e. The van der Waals surface area contributed by atoms with E-state index in [0.717, 1.165) is 9.13 Å². The fourth-order valence-electron chi connectivity index (χ4n) is 3.98. The predicted octanol–water partition coefficient (Wildman–Crippen LogP) is 1.56. The highest BCUT2D eigenvalue weighted by molar-refractivity contribution is 5.70. The molecule has 2 heterocycles. The van der Waals surface area contributed by atoms with Gasteiger partial charge in [-0.2, -0.15) is 0 Å². The van der Waals surface area contributed by atoms with Crippen molar-refractivity contribution in [2.24, 2.45) is 0 Å². The lowest BCUT2D eigenvalue weighted by molar-refractivity contribution is -0.142. The molecular weight excluding hydrogens is 456 g/mol. The van der Waals surface area contributed by atoms with E-state index in [4.69, 9.17) is 0 Å². The molecule has 0 unspecified atom stereocenters. The molecule has 0 bridgehead atoms. The van der Waals surface area contributed by atoms with Gasteiger partial charge < -0.3 is 28.8 Å². The van der Waals surface area contributed by atoms with Crippen LogP contribution < -0.4 is 11.1 Å². The Morgan fingerprint density at radius 3 is 1.57 bits per heavy atom. The van der Waals surface area contributed by atoms with Crippen molar-refractivity contribution in [3.8, 4) is 11.5 Å². The third kappa shape index (κ3) is 4.96. The molecule has 3 rings (SSSR count). The maximum absolute atomic E-state index is 13.6. The molecule has 0 fully saturated rings. The van der Waals surface area contributed by atoms with Crippen LogP contribution in [0, 0.1) is 13.8 Å². The van der Waals surface area contributed by atoms with Crippen LogP contribution in [0.1, 0.15) is 34.0 Å². The first-order valence-corrected chi connectivity index (χ1v) is 10.7. The lowest BCUT2D eigenvalue weighted by Crippen LogP contribution is -2.34. The minimum Gasteiger partial charge on any atom is -0.507 e. The molecule has 0 aliphatic rings. The van der Waals surface area contributed by atoms with Gasteiger partial charge in [-0.1, -0.05) is 30.3 Å². The lowest BCUT2D eigenvalue weighted by Gasteiger charge is -2.23. The van der Waals surface area contributed by atoms with E-state index in [1.54, 1.807) is 30.3 Å². The molecule has 1 aromatic carbocycles. The zero-order valence-corrected chi connectivity index (χ0v) is 19.8. The number of carbonyl (C=O) groups is 2. The second kappa shape index (κ2) is 10.3. The molecule has 0 amide bonds.